The molecule has 1 amide bonds. The summed E-state index contributed by atoms with van der Waals surface area (Å²) in [6.45, 7) is 1.36. The van der Waals surface area contributed by atoms with Gasteiger partial charge in [-0.25, -0.2) is 8.42 Å². The molecule has 2 unspecified atom stereocenters. The summed E-state index contributed by atoms with van der Waals surface area (Å²) in [4.78, 5) is 13.6. The fraction of sp³-hybridized carbons (Fsp3) is 0.900. The summed E-state index contributed by atoms with van der Waals surface area (Å²) in [5.41, 5.74) is 0. The number of rotatable bonds is 3. The maximum absolute atomic E-state index is 11.8. The van der Waals surface area contributed by atoms with Crippen molar-refractivity contribution >= 4 is 15.7 Å². The Hall–Kier alpha value is -0.620. The fourth-order valence-corrected chi connectivity index (χ4v) is 4.37. The summed E-state index contributed by atoms with van der Waals surface area (Å²) in [7, 11) is -1.04. The van der Waals surface area contributed by atoms with Crippen LogP contribution in [0.4, 0.5) is 0 Å². The molecule has 2 heterocycles. The first kappa shape index (κ1) is 11.9. The molecule has 6 heteroatoms. The largest absolute Gasteiger partial charge is 0.341 e. The van der Waals surface area contributed by atoms with Crippen molar-refractivity contribution in [3.05, 3.63) is 0 Å². The second-order valence-electron chi connectivity index (χ2n) is 4.68. The van der Waals surface area contributed by atoms with E-state index in [1.807, 2.05) is 0 Å². The van der Waals surface area contributed by atoms with Crippen LogP contribution in [0.2, 0.25) is 0 Å². The van der Waals surface area contributed by atoms with Crippen LogP contribution < -0.4 is 5.32 Å². The Labute approximate surface area is 96.1 Å². The molecule has 2 aliphatic heterocycles. The molecule has 2 rings (SSSR count). The molecule has 0 aromatic rings. The maximum atomic E-state index is 11.8. The molecule has 2 atom stereocenters. The van der Waals surface area contributed by atoms with Gasteiger partial charge in [-0.2, -0.15) is 0 Å². The topological polar surface area (TPSA) is 66.5 Å². The number of hydrogen-bond donors (Lipinski definition) is 1. The smallest absolute Gasteiger partial charge is 0.239 e. The Kier molecular flexibility index (Phi) is 3.21. The van der Waals surface area contributed by atoms with Crippen LogP contribution in [0.1, 0.15) is 12.8 Å². The van der Waals surface area contributed by atoms with Crippen molar-refractivity contribution in [1.82, 2.24) is 10.2 Å². The third-order valence-electron chi connectivity index (χ3n) is 3.45. The first-order valence-electron chi connectivity index (χ1n) is 5.68. The van der Waals surface area contributed by atoms with Gasteiger partial charge in [0.05, 0.1) is 17.5 Å². The molecular weight excluding hydrogens is 228 g/mol. The van der Waals surface area contributed by atoms with Gasteiger partial charge in [0.1, 0.15) is 0 Å². The third kappa shape index (κ3) is 2.38. The molecule has 0 spiro atoms. The molecule has 1 N–H and O–H groups in total. The molecule has 2 saturated heterocycles. The monoisotopic (exact) mass is 246 g/mol. The highest BCUT2D eigenvalue weighted by atomic mass is 32.2. The van der Waals surface area contributed by atoms with E-state index in [1.165, 1.54) is 0 Å². The molecule has 92 valence electrons. The van der Waals surface area contributed by atoms with E-state index in [0.29, 0.717) is 13.0 Å². The minimum Gasteiger partial charge on any atom is -0.341 e. The minimum absolute atomic E-state index is 0.0713. The van der Waals surface area contributed by atoms with Gasteiger partial charge in [-0.1, -0.05) is 0 Å². The SMILES string of the molecule is CNC1CCN(CC2CCS(=O)(=O)C2)C1=O. The van der Waals surface area contributed by atoms with E-state index < -0.39 is 9.84 Å². The Morgan fingerprint density at radius 3 is 2.69 bits per heavy atom. The standard InChI is InChI=1S/C10H18N2O3S/c1-11-9-2-4-12(10(9)13)6-8-3-5-16(14,15)7-8/h8-9,11H,2-7H2,1H3. The Bertz CT molecular complexity index is 380. The van der Waals surface area contributed by atoms with Crippen LogP contribution in [-0.4, -0.2) is 56.9 Å². The maximum Gasteiger partial charge on any atom is 0.239 e. The molecule has 0 bridgehead atoms. The molecule has 0 radical (unpaired) electrons. The lowest BCUT2D eigenvalue weighted by molar-refractivity contribution is -0.129. The number of nitrogens with zero attached hydrogens (tertiary/aromatic N) is 1. The first-order chi connectivity index (χ1) is 7.52. The van der Waals surface area contributed by atoms with Gasteiger partial charge in [0, 0.05) is 13.1 Å². The van der Waals surface area contributed by atoms with Crippen LogP contribution in [0.25, 0.3) is 0 Å². The van der Waals surface area contributed by atoms with E-state index in [4.69, 9.17) is 0 Å². The van der Waals surface area contributed by atoms with Crippen LogP contribution in [0.15, 0.2) is 0 Å². The average molecular weight is 246 g/mol. The molecule has 5 nitrogen and oxygen atoms in total. The van der Waals surface area contributed by atoms with E-state index in [0.717, 1.165) is 13.0 Å². The van der Waals surface area contributed by atoms with Crippen molar-refractivity contribution in [2.24, 2.45) is 5.92 Å². The second-order valence-corrected chi connectivity index (χ2v) is 6.91. The lowest BCUT2D eigenvalue weighted by Crippen LogP contribution is -2.38. The van der Waals surface area contributed by atoms with Gasteiger partial charge >= 0.3 is 0 Å². The summed E-state index contributed by atoms with van der Waals surface area (Å²) in [5, 5.41) is 2.98. The predicted molar refractivity (Wildman–Crippen MR) is 60.8 cm³/mol. The summed E-state index contributed by atoms with van der Waals surface area (Å²) >= 11 is 0. The molecule has 0 saturated carbocycles. The molecule has 0 aliphatic carbocycles. The highest BCUT2D eigenvalue weighted by Crippen LogP contribution is 2.22. The van der Waals surface area contributed by atoms with Gasteiger partial charge < -0.3 is 10.2 Å². The zero-order valence-electron chi connectivity index (χ0n) is 9.48. The molecule has 2 aliphatic rings. The number of sulfone groups is 1. The van der Waals surface area contributed by atoms with Crippen molar-refractivity contribution in [1.29, 1.82) is 0 Å². The second kappa shape index (κ2) is 4.33. The van der Waals surface area contributed by atoms with Crippen molar-refractivity contribution in [2.45, 2.75) is 18.9 Å². The van der Waals surface area contributed by atoms with E-state index in [-0.39, 0.29) is 29.4 Å². The van der Waals surface area contributed by atoms with Crippen molar-refractivity contribution in [3.63, 3.8) is 0 Å². The Morgan fingerprint density at radius 2 is 2.19 bits per heavy atom. The zero-order valence-corrected chi connectivity index (χ0v) is 10.3. The molecule has 0 aromatic carbocycles. The average Bonchev–Trinajstić information content (AvgIpc) is 2.72. The van der Waals surface area contributed by atoms with Gasteiger partial charge in [0.2, 0.25) is 5.91 Å². The van der Waals surface area contributed by atoms with E-state index in [9.17, 15) is 13.2 Å². The molecular formula is C10H18N2O3S. The van der Waals surface area contributed by atoms with Gasteiger partial charge in [0.25, 0.3) is 0 Å². The summed E-state index contributed by atoms with van der Waals surface area (Å²) < 4.78 is 22.6. The van der Waals surface area contributed by atoms with Crippen molar-refractivity contribution < 1.29 is 13.2 Å². The van der Waals surface area contributed by atoms with Gasteiger partial charge in [0.15, 0.2) is 9.84 Å². The molecule has 16 heavy (non-hydrogen) atoms. The number of likely N-dealkylation sites (tertiary alicyclic amines) is 1. The first-order valence-corrected chi connectivity index (χ1v) is 7.50. The van der Waals surface area contributed by atoms with Crippen LogP contribution in [0.3, 0.4) is 0 Å². The number of likely N-dealkylation sites (N-methyl/N-ethyl adjacent to an activating group) is 1. The van der Waals surface area contributed by atoms with Crippen LogP contribution >= 0.6 is 0 Å². The number of carbonyl (C=O) groups is 1. The summed E-state index contributed by atoms with van der Waals surface area (Å²) in [6, 6.07) is -0.0713. The number of carbonyl (C=O) groups excluding carboxylic acids is 1. The third-order valence-corrected chi connectivity index (χ3v) is 5.29. The minimum atomic E-state index is -2.83. The van der Waals surface area contributed by atoms with E-state index in [1.54, 1.807) is 11.9 Å². The highest BCUT2D eigenvalue weighted by Gasteiger charge is 2.35. The fourth-order valence-electron chi connectivity index (χ4n) is 2.52. The normalized spacial score (nSPS) is 33.6. The predicted octanol–water partition coefficient (Wildman–Crippen LogP) is -0.759. The summed E-state index contributed by atoms with van der Waals surface area (Å²) in [5.74, 6) is 0.798. The zero-order chi connectivity index (χ0) is 11.8. The van der Waals surface area contributed by atoms with Crippen LogP contribution in [0.5, 0.6) is 0 Å². The van der Waals surface area contributed by atoms with Crippen molar-refractivity contribution in [3.8, 4) is 0 Å². The van der Waals surface area contributed by atoms with Gasteiger partial charge in [-0.15, -0.1) is 0 Å². The highest BCUT2D eigenvalue weighted by molar-refractivity contribution is 7.91. The summed E-state index contributed by atoms with van der Waals surface area (Å²) in [6.07, 6.45) is 1.53. The Balaban J connectivity index is 1.90. The van der Waals surface area contributed by atoms with Crippen molar-refractivity contribution in [2.75, 3.05) is 31.6 Å². The number of nitrogens with one attached hydrogen (secondary N) is 1. The van der Waals surface area contributed by atoms with E-state index in [2.05, 4.69) is 5.32 Å². The quantitative estimate of drug-likeness (QED) is 0.711. The molecule has 0 aromatic heterocycles. The number of hydrogen-bond acceptors (Lipinski definition) is 4. The lowest BCUT2D eigenvalue weighted by atomic mass is 10.1. The van der Waals surface area contributed by atoms with E-state index >= 15 is 0 Å². The van der Waals surface area contributed by atoms with Crippen LogP contribution in [-0.2, 0) is 14.6 Å². The molecule has 2 fully saturated rings. The van der Waals surface area contributed by atoms with Crippen LogP contribution in [0, 0.1) is 5.92 Å². The lowest BCUT2D eigenvalue weighted by Gasteiger charge is -2.19. The number of amides is 1. The van der Waals surface area contributed by atoms with Gasteiger partial charge in [-0.3, -0.25) is 4.79 Å². The van der Waals surface area contributed by atoms with Gasteiger partial charge in [-0.05, 0) is 25.8 Å². The Morgan fingerprint density at radius 1 is 1.44 bits per heavy atom.